The fourth-order valence-electron chi connectivity index (χ4n) is 2.32. The number of hydrogen-bond donors (Lipinski definition) is 3. The van der Waals surface area contributed by atoms with Crippen LogP contribution < -0.4 is 15.5 Å². The molecule has 1 unspecified atom stereocenters. The van der Waals surface area contributed by atoms with Gasteiger partial charge in [0.1, 0.15) is 0 Å². The van der Waals surface area contributed by atoms with Gasteiger partial charge in [-0.2, -0.15) is 0 Å². The van der Waals surface area contributed by atoms with E-state index in [1.807, 2.05) is 19.2 Å². The number of hydrogen-bond acceptors (Lipinski definition) is 4. The van der Waals surface area contributed by atoms with Crippen molar-refractivity contribution >= 4 is 5.69 Å². The molecule has 1 aromatic rings. The van der Waals surface area contributed by atoms with Gasteiger partial charge in [0.25, 0.3) is 0 Å². The molecule has 0 amide bonds. The number of aliphatic hydroxyl groups is 1. The Labute approximate surface area is 109 Å². The van der Waals surface area contributed by atoms with Crippen LogP contribution in [-0.2, 0) is 0 Å². The zero-order valence-corrected chi connectivity index (χ0v) is 11.0. The van der Waals surface area contributed by atoms with E-state index < -0.39 is 6.10 Å². The van der Waals surface area contributed by atoms with Gasteiger partial charge in [0.05, 0.1) is 6.10 Å². The Morgan fingerprint density at radius 3 is 2.78 bits per heavy atom. The summed E-state index contributed by atoms with van der Waals surface area (Å²) >= 11 is 0. The summed E-state index contributed by atoms with van der Waals surface area (Å²) in [5.74, 6) is 0. The molecule has 0 bridgehead atoms. The highest BCUT2D eigenvalue weighted by Crippen LogP contribution is 2.19. The molecule has 18 heavy (non-hydrogen) atoms. The fourth-order valence-corrected chi connectivity index (χ4v) is 2.32. The number of likely N-dealkylation sites (N-methyl/N-ethyl adjacent to an activating group) is 1. The zero-order valence-electron chi connectivity index (χ0n) is 11.0. The topological polar surface area (TPSA) is 47.5 Å². The lowest BCUT2D eigenvalue weighted by molar-refractivity contribution is 0.178. The summed E-state index contributed by atoms with van der Waals surface area (Å²) in [6.45, 7) is 4.90. The quantitative estimate of drug-likeness (QED) is 0.736. The summed E-state index contributed by atoms with van der Waals surface area (Å²) < 4.78 is 0. The van der Waals surface area contributed by atoms with Crippen LogP contribution in [0.3, 0.4) is 0 Å². The van der Waals surface area contributed by atoms with Crippen LogP contribution >= 0.6 is 0 Å². The van der Waals surface area contributed by atoms with E-state index in [1.54, 1.807) is 0 Å². The van der Waals surface area contributed by atoms with Crippen LogP contribution in [-0.4, -0.2) is 44.9 Å². The van der Waals surface area contributed by atoms with Gasteiger partial charge in [-0.3, -0.25) is 0 Å². The van der Waals surface area contributed by atoms with Gasteiger partial charge in [-0.05, 0) is 37.7 Å². The lowest BCUT2D eigenvalue weighted by Gasteiger charge is -2.23. The van der Waals surface area contributed by atoms with E-state index in [9.17, 15) is 5.11 Å². The van der Waals surface area contributed by atoms with Crippen LogP contribution in [0.25, 0.3) is 0 Å². The van der Waals surface area contributed by atoms with Crippen LogP contribution in [0, 0.1) is 0 Å². The van der Waals surface area contributed by atoms with Gasteiger partial charge >= 0.3 is 0 Å². The summed E-state index contributed by atoms with van der Waals surface area (Å²) in [5.41, 5.74) is 2.22. The minimum atomic E-state index is -0.421. The molecule has 2 rings (SSSR count). The van der Waals surface area contributed by atoms with E-state index in [-0.39, 0.29) is 0 Å². The number of benzene rings is 1. The van der Waals surface area contributed by atoms with Crippen molar-refractivity contribution in [3.8, 4) is 0 Å². The second-order valence-electron chi connectivity index (χ2n) is 4.76. The minimum Gasteiger partial charge on any atom is -0.387 e. The smallest absolute Gasteiger partial charge is 0.0914 e. The van der Waals surface area contributed by atoms with Crippen LogP contribution in [0.2, 0.25) is 0 Å². The van der Waals surface area contributed by atoms with Gasteiger partial charge in [-0.25, -0.2) is 0 Å². The van der Waals surface area contributed by atoms with Gasteiger partial charge in [-0.1, -0.05) is 12.1 Å². The first kappa shape index (κ1) is 13.3. The Bertz CT molecular complexity index is 345. The van der Waals surface area contributed by atoms with E-state index in [0.29, 0.717) is 6.54 Å². The third kappa shape index (κ3) is 3.45. The predicted molar refractivity (Wildman–Crippen MR) is 75.0 cm³/mol. The van der Waals surface area contributed by atoms with E-state index >= 15 is 0 Å². The van der Waals surface area contributed by atoms with Crippen LogP contribution in [0.4, 0.5) is 5.69 Å². The Balaban J connectivity index is 2.01. The van der Waals surface area contributed by atoms with Crippen molar-refractivity contribution in [2.24, 2.45) is 0 Å². The number of anilines is 1. The molecule has 3 N–H and O–H groups in total. The molecule has 100 valence electrons. The van der Waals surface area contributed by atoms with Crippen LogP contribution in [0.1, 0.15) is 18.1 Å². The summed E-state index contributed by atoms with van der Waals surface area (Å²) in [5, 5.41) is 16.3. The van der Waals surface area contributed by atoms with Crippen molar-refractivity contribution in [2.45, 2.75) is 12.5 Å². The average molecular weight is 249 g/mol. The van der Waals surface area contributed by atoms with Crippen molar-refractivity contribution in [3.63, 3.8) is 0 Å². The van der Waals surface area contributed by atoms with E-state index in [2.05, 4.69) is 27.7 Å². The van der Waals surface area contributed by atoms with Crippen molar-refractivity contribution in [2.75, 3.05) is 44.7 Å². The number of aliphatic hydroxyl groups excluding tert-OH is 1. The SMILES string of the molecule is CNCC(O)c1ccc(N2CCCNCC2)cc1. The van der Waals surface area contributed by atoms with Crippen molar-refractivity contribution in [3.05, 3.63) is 29.8 Å². The van der Waals surface area contributed by atoms with Gasteiger partial charge < -0.3 is 20.6 Å². The Morgan fingerprint density at radius 1 is 1.28 bits per heavy atom. The molecule has 1 aliphatic rings. The van der Waals surface area contributed by atoms with Crippen molar-refractivity contribution in [1.29, 1.82) is 0 Å². The third-order valence-electron chi connectivity index (χ3n) is 3.38. The molecule has 0 saturated carbocycles. The highest BCUT2D eigenvalue weighted by molar-refractivity contribution is 5.48. The summed E-state index contributed by atoms with van der Waals surface area (Å²) in [7, 11) is 1.85. The largest absolute Gasteiger partial charge is 0.387 e. The average Bonchev–Trinajstić information content (AvgIpc) is 2.68. The molecule has 4 heteroatoms. The number of nitrogens with zero attached hydrogens (tertiary/aromatic N) is 1. The van der Waals surface area contributed by atoms with Crippen molar-refractivity contribution < 1.29 is 5.11 Å². The first-order valence-electron chi connectivity index (χ1n) is 6.69. The molecule has 1 heterocycles. The third-order valence-corrected chi connectivity index (χ3v) is 3.38. The van der Waals surface area contributed by atoms with Gasteiger partial charge in [0, 0.05) is 31.9 Å². The summed E-state index contributed by atoms with van der Waals surface area (Å²) in [6.07, 6.45) is 0.763. The van der Waals surface area contributed by atoms with Crippen LogP contribution in [0.5, 0.6) is 0 Å². The molecule has 0 radical (unpaired) electrons. The monoisotopic (exact) mass is 249 g/mol. The molecule has 1 saturated heterocycles. The maximum Gasteiger partial charge on any atom is 0.0914 e. The molecule has 1 atom stereocenters. The Hall–Kier alpha value is -1.10. The van der Waals surface area contributed by atoms with Gasteiger partial charge in [0.15, 0.2) is 0 Å². The maximum atomic E-state index is 9.88. The predicted octanol–water partition coefficient (Wildman–Crippen LogP) is 0.739. The number of nitrogens with one attached hydrogen (secondary N) is 2. The standard InChI is InChI=1S/C14H23N3O/c1-15-11-14(18)12-3-5-13(6-4-12)17-9-2-7-16-8-10-17/h3-6,14-16,18H,2,7-11H2,1H3. The molecule has 4 nitrogen and oxygen atoms in total. The molecule has 0 aromatic heterocycles. The van der Waals surface area contributed by atoms with Crippen LogP contribution in [0.15, 0.2) is 24.3 Å². The summed E-state index contributed by atoms with van der Waals surface area (Å²) in [6, 6.07) is 8.27. The lowest BCUT2D eigenvalue weighted by atomic mass is 10.1. The summed E-state index contributed by atoms with van der Waals surface area (Å²) in [4.78, 5) is 2.40. The Morgan fingerprint density at radius 2 is 2.06 bits per heavy atom. The van der Waals surface area contributed by atoms with Crippen molar-refractivity contribution in [1.82, 2.24) is 10.6 Å². The normalized spacial score (nSPS) is 18.4. The minimum absolute atomic E-state index is 0.421. The fraction of sp³-hybridized carbons (Fsp3) is 0.571. The first-order valence-corrected chi connectivity index (χ1v) is 6.69. The highest BCUT2D eigenvalue weighted by atomic mass is 16.3. The lowest BCUT2D eigenvalue weighted by Crippen LogP contribution is -2.27. The molecule has 1 aromatic carbocycles. The zero-order chi connectivity index (χ0) is 12.8. The first-order chi connectivity index (χ1) is 8.81. The molecule has 0 aliphatic carbocycles. The molecule has 0 spiro atoms. The molecular formula is C14H23N3O. The highest BCUT2D eigenvalue weighted by Gasteiger charge is 2.10. The second-order valence-corrected chi connectivity index (χ2v) is 4.76. The molecular weight excluding hydrogens is 226 g/mol. The van der Waals surface area contributed by atoms with Gasteiger partial charge in [-0.15, -0.1) is 0 Å². The second kappa shape index (κ2) is 6.73. The number of rotatable bonds is 4. The molecule has 1 fully saturated rings. The molecule has 1 aliphatic heterocycles. The van der Waals surface area contributed by atoms with Gasteiger partial charge in [0.2, 0.25) is 0 Å². The van der Waals surface area contributed by atoms with E-state index in [4.69, 9.17) is 0 Å². The van der Waals surface area contributed by atoms with E-state index in [1.165, 1.54) is 12.1 Å². The van der Waals surface area contributed by atoms with E-state index in [0.717, 1.165) is 31.7 Å². The Kier molecular flexibility index (Phi) is 4.99. The maximum absolute atomic E-state index is 9.88.